The van der Waals surface area contributed by atoms with Crippen molar-refractivity contribution >= 4 is 5.97 Å². The Hall–Kier alpha value is -0.780. The van der Waals surface area contributed by atoms with E-state index in [2.05, 4.69) is 4.74 Å². The summed E-state index contributed by atoms with van der Waals surface area (Å²) in [6, 6.07) is 0. The standard InChI is InChI=1S/C8H13F3O3/c1-7(2,4-13-3)5-14-6(12)8(9,10)11/h4-5H2,1-3H3. The van der Waals surface area contributed by atoms with Crippen LogP contribution in [0.2, 0.25) is 0 Å². The van der Waals surface area contributed by atoms with Gasteiger partial charge >= 0.3 is 12.1 Å². The molecule has 0 atom stereocenters. The molecule has 14 heavy (non-hydrogen) atoms. The summed E-state index contributed by atoms with van der Waals surface area (Å²) in [5, 5.41) is 0. The van der Waals surface area contributed by atoms with E-state index in [1.54, 1.807) is 13.8 Å². The molecule has 0 aromatic heterocycles. The summed E-state index contributed by atoms with van der Waals surface area (Å²) >= 11 is 0. The van der Waals surface area contributed by atoms with Gasteiger partial charge in [-0.15, -0.1) is 0 Å². The highest BCUT2D eigenvalue weighted by atomic mass is 19.4. The number of halogens is 3. The average molecular weight is 214 g/mol. The highest BCUT2D eigenvalue weighted by Gasteiger charge is 2.41. The van der Waals surface area contributed by atoms with Gasteiger partial charge in [-0.2, -0.15) is 13.2 Å². The molecule has 0 heterocycles. The van der Waals surface area contributed by atoms with E-state index in [9.17, 15) is 18.0 Å². The fraction of sp³-hybridized carbons (Fsp3) is 0.875. The third kappa shape index (κ3) is 5.06. The van der Waals surface area contributed by atoms with Crippen LogP contribution in [0, 0.1) is 5.41 Å². The summed E-state index contributed by atoms with van der Waals surface area (Å²) in [6.07, 6.45) is -4.93. The first kappa shape index (κ1) is 13.2. The Balaban J connectivity index is 4.00. The maximum absolute atomic E-state index is 11.7. The summed E-state index contributed by atoms with van der Waals surface area (Å²) in [6.45, 7) is 3.18. The molecule has 84 valence electrons. The fourth-order valence-corrected chi connectivity index (χ4v) is 0.775. The number of hydrogen-bond acceptors (Lipinski definition) is 3. The number of methoxy groups -OCH3 is 1. The second-order valence-electron chi connectivity index (χ2n) is 3.67. The third-order valence-electron chi connectivity index (χ3n) is 1.36. The Morgan fingerprint density at radius 1 is 1.21 bits per heavy atom. The molecule has 0 aliphatic rings. The fourth-order valence-electron chi connectivity index (χ4n) is 0.775. The van der Waals surface area contributed by atoms with E-state index in [-0.39, 0.29) is 13.2 Å². The van der Waals surface area contributed by atoms with Crippen LogP contribution in [0.3, 0.4) is 0 Å². The summed E-state index contributed by atoms with van der Waals surface area (Å²) in [5.74, 6) is -2.17. The van der Waals surface area contributed by atoms with Crippen LogP contribution < -0.4 is 0 Å². The molecule has 0 unspecified atom stereocenters. The molecular formula is C8H13F3O3. The Kier molecular flexibility index (Phi) is 4.38. The van der Waals surface area contributed by atoms with E-state index in [4.69, 9.17) is 4.74 Å². The third-order valence-corrected chi connectivity index (χ3v) is 1.36. The van der Waals surface area contributed by atoms with Gasteiger partial charge in [0.1, 0.15) is 0 Å². The van der Waals surface area contributed by atoms with E-state index < -0.39 is 17.6 Å². The Labute approximate surface area is 80.2 Å². The largest absolute Gasteiger partial charge is 0.490 e. The minimum atomic E-state index is -4.93. The molecule has 0 aromatic rings. The van der Waals surface area contributed by atoms with E-state index in [0.717, 1.165) is 0 Å². The number of carbonyl (C=O) groups is 1. The molecular weight excluding hydrogens is 201 g/mol. The van der Waals surface area contributed by atoms with Gasteiger partial charge in [0.2, 0.25) is 0 Å². The molecule has 0 radical (unpaired) electrons. The quantitative estimate of drug-likeness (QED) is 0.669. The Morgan fingerprint density at radius 3 is 2.07 bits per heavy atom. The van der Waals surface area contributed by atoms with Gasteiger partial charge in [0.05, 0.1) is 13.2 Å². The zero-order chi connectivity index (χ0) is 11.4. The average Bonchev–Trinajstić information content (AvgIpc) is 1.98. The first-order valence-electron chi connectivity index (χ1n) is 3.92. The second-order valence-corrected chi connectivity index (χ2v) is 3.67. The Bertz CT molecular complexity index is 198. The molecule has 0 rings (SSSR count). The zero-order valence-electron chi connectivity index (χ0n) is 8.27. The van der Waals surface area contributed by atoms with Gasteiger partial charge in [-0.25, -0.2) is 4.79 Å². The van der Waals surface area contributed by atoms with Crippen molar-refractivity contribution in [3.05, 3.63) is 0 Å². The number of rotatable bonds is 4. The molecule has 0 fully saturated rings. The van der Waals surface area contributed by atoms with Crippen LogP contribution in [0.1, 0.15) is 13.8 Å². The van der Waals surface area contributed by atoms with Gasteiger partial charge in [-0.05, 0) is 0 Å². The molecule has 0 N–H and O–H groups in total. The van der Waals surface area contributed by atoms with Gasteiger partial charge in [0.25, 0.3) is 0 Å². The van der Waals surface area contributed by atoms with Gasteiger partial charge in [-0.1, -0.05) is 13.8 Å². The summed E-state index contributed by atoms with van der Waals surface area (Å²) in [4.78, 5) is 10.3. The molecule has 0 aliphatic carbocycles. The number of hydrogen-bond donors (Lipinski definition) is 0. The minimum Gasteiger partial charge on any atom is -0.458 e. The lowest BCUT2D eigenvalue weighted by Crippen LogP contribution is -2.32. The first-order valence-corrected chi connectivity index (χ1v) is 3.92. The lowest BCUT2D eigenvalue weighted by molar-refractivity contribution is -0.202. The van der Waals surface area contributed by atoms with E-state index >= 15 is 0 Å². The number of carbonyl (C=O) groups excluding carboxylic acids is 1. The Morgan fingerprint density at radius 2 is 1.71 bits per heavy atom. The molecule has 0 saturated carbocycles. The molecule has 0 aromatic carbocycles. The maximum Gasteiger partial charge on any atom is 0.490 e. The highest BCUT2D eigenvalue weighted by Crippen LogP contribution is 2.20. The van der Waals surface area contributed by atoms with E-state index in [1.807, 2.05) is 0 Å². The van der Waals surface area contributed by atoms with Crippen LogP contribution in [0.15, 0.2) is 0 Å². The number of ether oxygens (including phenoxy) is 2. The topological polar surface area (TPSA) is 35.5 Å². The van der Waals surface area contributed by atoms with E-state index in [0.29, 0.717) is 0 Å². The van der Waals surface area contributed by atoms with Crippen LogP contribution in [-0.4, -0.2) is 32.5 Å². The lowest BCUT2D eigenvalue weighted by atomic mass is 9.96. The lowest BCUT2D eigenvalue weighted by Gasteiger charge is -2.23. The van der Waals surface area contributed by atoms with Gasteiger partial charge in [0.15, 0.2) is 0 Å². The number of alkyl halides is 3. The molecule has 0 saturated heterocycles. The molecule has 0 amide bonds. The SMILES string of the molecule is COCC(C)(C)COC(=O)C(F)(F)F. The van der Waals surface area contributed by atoms with Crippen LogP contribution in [-0.2, 0) is 14.3 Å². The minimum absolute atomic E-state index is 0.220. The molecule has 0 spiro atoms. The first-order chi connectivity index (χ1) is 6.19. The zero-order valence-corrected chi connectivity index (χ0v) is 8.27. The van der Waals surface area contributed by atoms with Crippen LogP contribution in [0.25, 0.3) is 0 Å². The summed E-state index contributed by atoms with van der Waals surface area (Å²) < 4.78 is 43.9. The van der Waals surface area contributed by atoms with Crippen molar-refractivity contribution < 1.29 is 27.4 Å². The smallest absolute Gasteiger partial charge is 0.458 e. The normalized spacial score (nSPS) is 12.7. The molecule has 0 aliphatic heterocycles. The van der Waals surface area contributed by atoms with Crippen molar-refractivity contribution in [3.63, 3.8) is 0 Å². The predicted octanol–water partition coefficient (Wildman–Crippen LogP) is 1.76. The van der Waals surface area contributed by atoms with E-state index in [1.165, 1.54) is 7.11 Å². The van der Waals surface area contributed by atoms with Crippen LogP contribution >= 0.6 is 0 Å². The molecule has 6 heteroatoms. The van der Waals surface area contributed by atoms with Crippen molar-refractivity contribution in [1.82, 2.24) is 0 Å². The summed E-state index contributed by atoms with van der Waals surface area (Å²) in [7, 11) is 1.42. The van der Waals surface area contributed by atoms with Crippen molar-refractivity contribution in [2.45, 2.75) is 20.0 Å². The summed E-state index contributed by atoms with van der Waals surface area (Å²) in [5.41, 5.74) is -0.615. The molecule has 0 bridgehead atoms. The van der Waals surface area contributed by atoms with Crippen LogP contribution in [0.5, 0.6) is 0 Å². The van der Waals surface area contributed by atoms with Gasteiger partial charge in [0, 0.05) is 12.5 Å². The van der Waals surface area contributed by atoms with Crippen molar-refractivity contribution in [2.75, 3.05) is 20.3 Å². The number of esters is 1. The second kappa shape index (κ2) is 4.63. The van der Waals surface area contributed by atoms with Gasteiger partial charge in [-0.3, -0.25) is 0 Å². The molecule has 3 nitrogen and oxygen atoms in total. The van der Waals surface area contributed by atoms with Crippen molar-refractivity contribution in [3.8, 4) is 0 Å². The highest BCUT2D eigenvalue weighted by molar-refractivity contribution is 5.75. The monoisotopic (exact) mass is 214 g/mol. The van der Waals surface area contributed by atoms with Crippen molar-refractivity contribution in [1.29, 1.82) is 0 Å². The van der Waals surface area contributed by atoms with Gasteiger partial charge < -0.3 is 9.47 Å². The van der Waals surface area contributed by atoms with Crippen LogP contribution in [0.4, 0.5) is 13.2 Å². The maximum atomic E-state index is 11.7. The predicted molar refractivity (Wildman–Crippen MR) is 42.7 cm³/mol. The van der Waals surface area contributed by atoms with Crippen molar-refractivity contribution in [2.24, 2.45) is 5.41 Å².